The van der Waals surface area contributed by atoms with Crippen molar-refractivity contribution >= 4 is 50.3 Å². The van der Waals surface area contributed by atoms with Gasteiger partial charge in [-0.2, -0.15) is 5.10 Å². The van der Waals surface area contributed by atoms with Crippen molar-refractivity contribution in [1.82, 2.24) is 10.7 Å². The molecule has 0 unspecified atom stereocenters. The van der Waals surface area contributed by atoms with Crippen LogP contribution in [0.4, 0.5) is 5.00 Å². The van der Waals surface area contributed by atoms with Crippen molar-refractivity contribution in [3.8, 4) is 0 Å². The van der Waals surface area contributed by atoms with Gasteiger partial charge in [-0.05, 0) is 34.1 Å². The van der Waals surface area contributed by atoms with Gasteiger partial charge in [0.2, 0.25) is 0 Å². The number of benzene rings is 1. The number of nitro groups is 1. The maximum absolute atomic E-state index is 11.9. The van der Waals surface area contributed by atoms with E-state index in [9.17, 15) is 19.7 Å². The normalized spacial score (nSPS) is 10.5. The first-order valence-corrected chi connectivity index (χ1v) is 8.17. The average Bonchev–Trinajstić information content (AvgIpc) is 3.02. The number of carbonyl (C=O) groups is 2. The quantitative estimate of drug-likeness (QED) is 0.431. The monoisotopic (exact) mass is 410 g/mol. The molecule has 0 bridgehead atoms. The molecule has 0 fully saturated rings. The summed E-state index contributed by atoms with van der Waals surface area (Å²) in [6, 6.07) is 9.71. The van der Waals surface area contributed by atoms with Crippen LogP contribution < -0.4 is 10.7 Å². The van der Waals surface area contributed by atoms with Gasteiger partial charge in [-0.25, -0.2) is 5.43 Å². The minimum atomic E-state index is -0.516. The number of amides is 2. The van der Waals surface area contributed by atoms with Gasteiger partial charge >= 0.3 is 5.00 Å². The number of halogens is 1. The molecule has 0 aliphatic heterocycles. The summed E-state index contributed by atoms with van der Waals surface area (Å²) in [5.74, 6) is -0.909. The minimum Gasteiger partial charge on any atom is -0.343 e. The van der Waals surface area contributed by atoms with Crippen LogP contribution in [0.2, 0.25) is 0 Å². The Morgan fingerprint density at radius 3 is 2.71 bits per heavy atom. The third-order valence-electron chi connectivity index (χ3n) is 2.70. The van der Waals surface area contributed by atoms with Crippen molar-refractivity contribution in [2.75, 3.05) is 6.54 Å². The average molecular weight is 411 g/mol. The number of nitrogens with zero attached hydrogens (tertiary/aromatic N) is 2. The zero-order chi connectivity index (χ0) is 17.5. The molecule has 124 valence electrons. The predicted octanol–water partition coefficient (Wildman–Crippen LogP) is 2.30. The van der Waals surface area contributed by atoms with Crippen molar-refractivity contribution in [1.29, 1.82) is 0 Å². The fourth-order valence-corrected chi connectivity index (χ4v) is 2.78. The van der Waals surface area contributed by atoms with Gasteiger partial charge in [0.15, 0.2) is 0 Å². The highest BCUT2D eigenvalue weighted by atomic mass is 79.9. The number of nitrogens with one attached hydrogen (secondary N) is 2. The smallest absolute Gasteiger partial charge is 0.324 e. The Hall–Kier alpha value is -2.59. The third kappa shape index (κ3) is 4.96. The summed E-state index contributed by atoms with van der Waals surface area (Å²) in [6.45, 7) is -0.248. The van der Waals surface area contributed by atoms with Gasteiger partial charge in [0.05, 0.1) is 28.1 Å². The lowest BCUT2D eigenvalue weighted by molar-refractivity contribution is -0.380. The lowest BCUT2D eigenvalue weighted by atomic mass is 10.2. The Balaban J connectivity index is 1.81. The Labute approximate surface area is 148 Å². The van der Waals surface area contributed by atoms with Crippen molar-refractivity contribution < 1.29 is 14.5 Å². The zero-order valence-corrected chi connectivity index (χ0v) is 14.5. The van der Waals surface area contributed by atoms with Crippen LogP contribution in [0.25, 0.3) is 0 Å². The van der Waals surface area contributed by atoms with Gasteiger partial charge in [-0.3, -0.25) is 19.7 Å². The fraction of sp³-hybridized carbons (Fsp3) is 0.0714. The van der Waals surface area contributed by atoms with Crippen molar-refractivity contribution in [2.45, 2.75) is 0 Å². The SMILES string of the molecule is O=C(CNC(=O)c1ccccc1Br)N/N=C\c1ccc([N+](=O)[O-])s1. The molecule has 8 nitrogen and oxygen atoms in total. The molecule has 0 saturated heterocycles. The summed E-state index contributed by atoms with van der Waals surface area (Å²) in [4.78, 5) is 34.1. The summed E-state index contributed by atoms with van der Waals surface area (Å²) in [6.07, 6.45) is 1.30. The van der Waals surface area contributed by atoms with Crippen LogP contribution in [0.1, 0.15) is 15.2 Å². The van der Waals surface area contributed by atoms with Gasteiger partial charge in [-0.1, -0.05) is 23.5 Å². The highest BCUT2D eigenvalue weighted by Gasteiger charge is 2.11. The molecule has 0 atom stereocenters. The van der Waals surface area contributed by atoms with Crippen LogP contribution in [-0.4, -0.2) is 29.5 Å². The summed E-state index contributed by atoms with van der Waals surface area (Å²) >= 11 is 4.19. The van der Waals surface area contributed by atoms with Crippen molar-refractivity contribution in [3.63, 3.8) is 0 Å². The van der Waals surface area contributed by atoms with E-state index in [-0.39, 0.29) is 11.5 Å². The van der Waals surface area contributed by atoms with E-state index in [1.807, 2.05) is 0 Å². The summed E-state index contributed by atoms with van der Waals surface area (Å²) < 4.78 is 0.625. The molecule has 1 aromatic carbocycles. The maximum Gasteiger partial charge on any atom is 0.324 e. The number of hydrazone groups is 1. The highest BCUT2D eigenvalue weighted by molar-refractivity contribution is 9.10. The van der Waals surface area contributed by atoms with E-state index in [4.69, 9.17) is 0 Å². The third-order valence-corrected chi connectivity index (χ3v) is 4.36. The number of hydrogen-bond acceptors (Lipinski definition) is 6. The van der Waals surface area contributed by atoms with E-state index in [0.29, 0.717) is 14.9 Å². The maximum atomic E-state index is 11.9. The largest absolute Gasteiger partial charge is 0.343 e. The van der Waals surface area contributed by atoms with E-state index >= 15 is 0 Å². The van der Waals surface area contributed by atoms with Crippen molar-refractivity contribution in [3.05, 3.63) is 61.4 Å². The molecule has 0 spiro atoms. The van der Waals surface area contributed by atoms with E-state index < -0.39 is 16.7 Å². The van der Waals surface area contributed by atoms with E-state index in [1.54, 1.807) is 24.3 Å². The molecule has 2 amide bonds. The van der Waals surface area contributed by atoms with Gasteiger partial charge in [0.1, 0.15) is 0 Å². The van der Waals surface area contributed by atoms with Crippen LogP contribution in [0.15, 0.2) is 46.0 Å². The number of thiophene rings is 1. The molecule has 2 rings (SSSR count). The van der Waals surface area contributed by atoms with Gasteiger partial charge in [0, 0.05) is 10.5 Å². The molecule has 0 saturated carbocycles. The molecule has 2 N–H and O–H groups in total. The van der Waals surface area contributed by atoms with E-state index in [2.05, 4.69) is 31.8 Å². The summed E-state index contributed by atoms with van der Waals surface area (Å²) in [7, 11) is 0. The summed E-state index contributed by atoms with van der Waals surface area (Å²) in [5, 5.41) is 16.7. The fourth-order valence-electron chi connectivity index (χ4n) is 1.62. The van der Waals surface area contributed by atoms with Crippen LogP contribution in [0.5, 0.6) is 0 Å². The van der Waals surface area contributed by atoms with Gasteiger partial charge in [0.25, 0.3) is 11.8 Å². The number of hydrogen-bond donors (Lipinski definition) is 2. The van der Waals surface area contributed by atoms with E-state index in [0.717, 1.165) is 11.3 Å². The van der Waals surface area contributed by atoms with Crippen molar-refractivity contribution in [2.24, 2.45) is 5.10 Å². The van der Waals surface area contributed by atoms with Crippen LogP contribution in [0, 0.1) is 10.1 Å². The minimum absolute atomic E-state index is 0.0107. The molecular formula is C14H11BrN4O4S. The Kier molecular flexibility index (Phi) is 6.15. The summed E-state index contributed by atoms with van der Waals surface area (Å²) in [5.41, 5.74) is 2.65. The predicted molar refractivity (Wildman–Crippen MR) is 93.2 cm³/mol. The highest BCUT2D eigenvalue weighted by Crippen LogP contribution is 2.22. The second kappa shape index (κ2) is 8.31. The Morgan fingerprint density at radius 2 is 2.04 bits per heavy atom. The van der Waals surface area contributed by atoms with Crippen LogP contribution in [0.3, 0.4) is 0 Å². The molecule has 10 heteroatoms. The van der Waals surface area contributed by atoms with Crippen LogP contribution >= 0.6 is 27.3 Å². The van der Waals surface area contributed by atoms with Gasteiger partial charge in [-0.15, -0.1) is 0 Å². The first-order valence-electron chi connectivity index (χ1n) is 6.56. The lowest BCUT2D eigenvalue weighted by Crippen LogP contribution is -2.35. The molecule has 24 heavy (non-hydrogen) atoms. The molecule has 0 aliphatic carbocycles. The number of rotatable bonds is 6. The molecule has 0 aliphatic rings. The standard InChI is InChI=1S/C14H11BrN4O4S/c15-11-4-2-1-3-10(11)14(21)16-8-12(20)18-17-7-9-5-6-13(24-9)19(22)23/h1-7H,8H2,(H,16,21)(H,18,20)/b17-7-. The first-order chi connectivity index (χ1) is 11.5. The molecule has 2 aromatic rings. The second-order valence-corrected chi connectivity index (χ2v) is 6.34. The Bertz CT molecular complexity index is 806. The van der Waals surface area contributed by atoms with E-state index in [1.165, 1.54) is 18.3 Å². The molecular weight excluding hydrogens is 400 g/mol. The zero-order valence-electron chi connectivity index (χ0n) is 12.1. The lowest BCUT2D eigenvalue weighted by Gasteiger charge is -2.05. The van der Waals surface area contributed by atoms with Crippen LogP contribution in [-0.2, 0) is 4.79 Å². The molecule has 1 heterocycles. The second-order valence-electron chi connectivity index (χ2n) is 4.39. The number of carbonyl (C=O) groups excluding carboxylic acids is 2. The molecule has 1 aromatic heterocycles. The Morgan fingerprint density at radius 1 is 1.29 bits per heavy atom. The first kappa shape index (κ1) is 17.8. The van der Waals surface area contributed by atoms with Gasteiger partial charge < -0.3 is 5.32 Å². The molecule has 0 radical (unpaired) electrons. The topological polar surface area (TPSA) is 114 Å².